The predicted octanol–water partition coefficient (Wildman–Crippen LogP) is 1.64. The summed E-state index contributed by atoms with van der Waals surface area (Å²) >= 11 is 0. The first-order chi connectivity index (χ1) is 6.77. The summed E-state index contributed by atoms with van der Waals surface area (Å²) in [6, 6.07) is 0.273. The van der Waals surface area contributed by atoms with E-state index in [1.54, 1.807) is 0 Å². The van der Waals surface area contributed by atoms with Crippen molar-refractivity contribution in [1.82, 2.24) is 5.48 Å². The van der Waals surface area contributed by atoms with Gasteiger partial charge in [0.2, 0.25) is 5.96 Å². The van der Waals surface area contributed by atoms with E-state index in [2.05, 4.69) is 11.9 Å². The van der Waals surface area contributed by atoms with Gasteiger partial charge < -0.3 is 5.73 Å². The molecule has 4 heteroatoms. The van der Waals surface area contributed by atoms with Crippen molar-refractivity contribution in [3.8, 4) is 0 Å². The second-order valence-corrected chi connectivity index (χ2v) is 4.00. The van der Waals surface area contributed by atoms with Crippen molar-refractivity contribution < 1.29 is 5.21 Å². The SMILES string of the molecule is CCC(N=C(N)NO)C1CCCCC1. The maximum absolute atomic E-state index is 8.57. The summed E-state index contributed by atoms with van der Waals surface area (Å²) in [6.45, 7) is 2.12. The molecule has 0 aromatic carbocycles. The smallest absolute Gasteiger partial charge is 0.213 e. The molecule has 0 saturated heterocycles. The monoisotopic (exact) mass is 199 g/mol. The normalized spacial score (nSPS) is 22.0. The van der Waals surface area contributed by atoms with Crippen LogP contribution in [0.5, 0.6) is 0 Å². The number of hydrogen-bond donors (Lipinski definition) is 3. The second-order valence-electron chi connectivity index (χ2n) is 4.00. The number of nitrogens with one attached hydrogen (secondary N) is 1. The van der Waals surface area contributed by atoms with E-state index in [0.717, 1.165) is 6.42 Å². The molecule has 4 nitrogen and oxygen atoms in total. The summed E-state index contributed by atoms with van der Waals surface area (Å²) in [4.78, 5) is 4.27. The fourth-order valence-corrected chi connectivity index (χ4v) is 2.26. The molecule has 1 saturated carbocycles. The fraction of sp³-hybridized carbons (Fsp3) is 0.900. The Morgan fingerprint density at radius 3 is 2.64 bits per heavy atom. The Kier molecular flexibility index (Phi) is 4.73. The first-order valence-electron chi connectivity index (χ1n) is 5.51. The molecule has 82 valence electrons. The van der Waals surface area contributed by atoms with E-state index in [-0.39, 0.29) is 12.0 Å². The zero-order valence-corrected chi connectivity index (χ0v) is 8.87. The van der Waals surface area contributed by atoms with Crippen LogP contribution in [0.1, 0.15) is 45.4 Å². The quantitative estimate of drug-likeness (QED) is 0.367. The van der Waals surface area contributed by atoms with E-state index in [0.29, 0.717) is 5.92 Å². The highest BCUT2D eigenvalue weighted by molar-refractivity contribution is 5.76. The minimum atomic E-state index is 0.141. The van der Waals surface area contributed by atoms with E-state index in [1.807, 2.05) is 5.48 Å². The van der Waals surface area contributed by atoms with Crippen LogP contribution in [0, 0.1) is 5.92 Å². The molecule has 0 aromatic rings. The first kappa shape index (κ1) is 11.3. The maximum Gasteiger partial charge on any atom is 0.213 e. The molecular weight excluding hydrogens is 178 g/mol. The highest BCUT2D eigenvalue weighted by Gasteiger charge is 2.21. The van der Waals surface area contributed by atoms with Gasteiger partial charge in [0.05, 0.1) is 6.04 Å². The van der Waals surface area contributed by atoms with E-state index in [9.17, 15) is 0 Å². The number of hydrogen-bond acceptors (Lipinski definition) is 2. The van der Waals surface area contributed by atoms with Gasteiger partial charge in [-0.3, -0.25) is 5.21 Å². The maximum atomic E-state index is 8.57. The Labute approximate surface area is 85.6 Å². The molecule has 1 atom stereocenters. The molecule has 14 heavy (non-hydrogen) atoms. The van der Waals surface area contributed by atoms with Gasteiger partial charge in [0.25, 0.3) is 0 Å². The van der Waals surface area contributed by atoms with Crippen molar-refractivity contribution in [3.63, 3.8) is 0 Å². The second kappa shape index (κ2) is 5.86. The Morgan fingerprint density at radius 2 is 2.14 bits per heavy atom. The van der Waals surface area contributed by atoms with Crippen molar-refractivity contribution in [2.45, 2.75) is 51.5 Å². The van der Waals surface area contributed by atoms with Gasteiger partial charge in [0.1, 0.15) is 0 Å². The first-order valence-corrected chi connectivity index (χ1v) is 5.51. The summed E-state index contributed by atoms with van der Waals surface area (Å²) in [6.07, 6.45) is 7.46. The Balaban J connectivity index is 2.51. The Hall–Kier alpha value is -0.770. The third-order valence-electron chi connectivity index (χ3n) is 3.03. The number of nitrogens with zero attached hydrogens (tertiary/aromatic N) is 1. The summed E-state index contributed by atoms with van der Waals surface area (Å²) in [5, 5.41) is 8.57. The molecule has 1 aliphatic rings. The van der Waals surface area contributed by atoms with Gasteiger partial charge in [0.15, 0.2) is 0 Å². The molecule has 0 amide bonds. The average molecular weight is 199 g/mol. The van der Waals surface area contributed by atoms with Crippen LogP contribution < -0.4 is 11.2 Å². The molecule has 0 aliphatic heterocycles. The van der Waals surface area contributed by atoms with Crippen molar-refractivity contribution in [2.75, 3.05) is 0 Å². The van der Waals surface area contributed by atoms with Crippen LogP contribution in [0.15, 0.2) is 4.99 Å². The van der Waals surface area contributed by atoms with Gasteiger partial charge in [-0.05, 0) is 25.2 Å². The van der Waals surface area contributed by atoms with Crippen molar-refractivity contribution in [2.24, 2.45) is 16.6 Å². The minimum Gasteiger partial charge on any atom is -0.368 e. The largest absolute Gasteiger partial charge is 0.368 e. The summed E-state index contributed by atoms with van der Waals surface area (Å²) in [7, 11) is 0. The van der Waals surface area contributed by atoms with Crippen LogP contribution >= 0.6 is 0 Å². The number of nitrogens with two attached hydrogens (primary N) is 1. The lowest BCUT2D eigenvalue weighted by molar-refractivity contribution is 0.229. The average Bonchev–Trinajstić information content (AvgIpc) is 2.26. The lowest BCUT2D eigenvalue weighted by Gasteiger charge is -2.26. The van der Waals surface area contributed by atoms with Crippen LogP contribution in [-0.2, 0) is 0 Å². The van der Waals surface area contributed by atoms with E-state index >= 15 is 0 Å². The highest BCUT2D eigenvalue weighted by atomic mass is 16.5. The Bertz CT molecular complexity index is 188. The number of guanidine groups is 1. The van der Waals surface area contributed by atoms with Crippen LogP contribution in [0.3, 0.4) is 0 Å². The molecule has 1 aliphatic carbocycles. The fourth-order valence-electron chi connectivity index (χ4n) is 2.26. The molecule has 0 heterocycles. The molecular formula is C10H21N3O. The molecule has 1 rings (SSSR count). The highest BCUT2D eigenvalue weighted by Crippen LogP contribution is 2.29. The molecule has 0 bridgehead atoms. The van der Waals surface area contributed by atoms with Crippen LogP contribution in [0.2, 0.25) is 0 Å². The van der Waals surface area contributed by atoms with Gasteiger partial charge in [0, 0.05) is 0 Å². The van der Waals surface area contributed by atoms with Crippen molar-refractivity contribution in [3.05, 3.63) is 0 Å². The van der Waals surface area contributed by atoms with E-state index in [1.165, 1.54) is 32.1 Å². The zero-order valence-electron chi connectivity index (χ0n) is 8.87. The van der Waals surface area contributed by atoms with Crippen molar-refractivity contribution >= 4 is 5.96 Å². The van der Waals surface area contributed by atoms with Gasteiger partial charge in [-0.2, -0.15) is 0 Å². The van der Waals surface area contributed by atoms with Crippen LogP contribution in [0.25, 0.3) is 0 Å². The lowest BCUT2D eigenvalue weighted by Crippen LogP contribution is -2.32. The molecule has 1 fully saturated rings. The van der Waals surface area contributed by atoms with Crippen LogP contribution in [0.4, 0.5) is 0 Å². The standard InChI is InChI=1S/C10H21N3O/c1-2-9(12-10(11)13-14)8-6-4-3-5-7-8/h8-9,14H,2-7H2,1H3,(H3,11,12,13). The molecule has 0 spiro atoms. The minimum absolute atomic E-state index is 0.141. The van der Waals surface area contributed by atoms with Crippen LogP contribution in [-0.4, -0.2) is 17.2 Å². The van der Waals surface area contributed by atoms with Gasteiger partial charge in [-0.25, -0.2) is 10.5 Å². The Morgan fingerprint density at radius 1 is 1.50 bits per heavy atom. The molecule has 0 radical (unpaired) electrons. The summed E-state index contributed by atoms with van der Waals surface area (Å²) < 4.78 is 0. The predicted molar refractivity (Wildman–Crippen MR) is 57.2 cm³/mol. The van der Waals surface area contributed by atoms with E-state index < -0.39 is 0 Å². The molecule has 1 unspecified atom stereocenters. The number of hydroxylamine groups is 1. The third kappa shape index (κ3) is 3.18. The zero-order chi connectivity index (χ0) is 10.4. The van der Waals surface area contributed by atoms with Gasteiger partial charge in [-0.15, -0.1) is 0 Å². The van der Waals surface area contributed by atoms with E-state index in [4.69, 9.17) is 10.9 Å². The van der Waals surface area contributed by atoms with Gasteiger partial charge >= 0.3 is 0 Å². The molecule has 4 N–H and O–H groups in total. The summed E-state index contributed by atoms with van der Waals surface area (Å²) in [5.41, 5.74) is 7.34. The topological polar surface area (TPSA) is 70.6 Å². The van der Waals surface area contributed by atoms with Crippen molar-refractivity contribution in [1.29, 1.82) is 0 Å². The number of aliphatic imine (C=N–C) groups is 1. The summed E-state index contributed by atoms with van der Waals surface area (Å²) in [5.74, 6) is 0.795. The van der Waals surface area contributed by atoms with Gasteiger partial charge in [-0.1, -0.05) is 26.2 Å². The molecule has 0 aromatic heterocycles. The lowest BCUT2D eigenvalue weighted by atomic mass is 9.83. The number of rotatable bonds is 3. The third-order valence-corrected chi connectivity index (χ3v) is 3.03.